The Kier molecular flexibility index (Phi) is 4.93. The van der Waals surface area contributed by atoms with E-state index < -0.39 is 11.9 Å². The average Bonchev–Trinajstić information content (AvgIpc) is 2.86. The van der Waals surface area contributed by atoms with Crippen molar-refractivity contribution >= 4 is 40.6 Å². The van der Waals surface area contributed by atoms with E-state index in [0.29, 0.717) is 14.9 Å². The Morgan fingerprint density at radius 3 is 2.64 bits per heavy atom. The molecule has 1 fully saturated rings. The van der Waals surface area contributed by atoms with E-state index in [-0.39, 0.29) is 18.0 Å². The number of ether oxygens (including phenoxy) is 1. The molecule has 0 spiro atoms. The quantitative estimate of drug-likeness (QED) is 0.427. The molecule has 6 nitrogen and oxygen atoms in total. The molecule has 25 heavy (non-hydrogen) atoms. The number of rotatable bonds is 4. The highest BCUT2D eigenvalue weighted by Gasteiger charge is 2.33. The van der Waals surface area contributed by atoms with Crippen LogP contribution in [0.4, 0.5) is 4.79 Å². The van der Waals surface area contributed by atoms with Crippen LogP contribution in [0, 0.1) is 3.57 Å². The number of nitrogens with one attached hydrogen (secondary N) is 1. The first-order chi connectivity index (χ1) is 12.0. The summed E-state index contributed by atoms with van der Waals surface area (Å²) in [6, 6.07) is 12.1. The second-order valence-corrected chi connectivity index (χ2v) is 6.58. The van der Waals surface area contributed by atoms with Crippen LogP contribution in [-0.2, 0) is 11.3 Å². The van der Waals surface area contributed by atoms with Crippen molar-refractivity contribution in [3.63, 3.8) is 0 Å². The number of halogens is 1. The van der Waals surface area contributed by atoms with E-state index in [4.69, 9.17) is 4.74 Å². The molecule has 0 radical (unpaired) electrons. The first-order valence-corrected chi connectivity index (χ1v) is 8.52. The van der Waals surface area contributed by atoms with Gasteiger partial charge in [0.15, 0.2) is 11.5 Å². The van der Waals surface area contributed by atoms with Gasteiger partial charge in [0.05, 0.1) is 17.2 Å². The summed E-state index contributed by atoms with van der Waals surface area (Å²) in [6.07, 6.45) is 1.56. The normalized spacial score (nSPS) is 15.6. The lowest BCUT2D eigenvalue weighted by molar-refractivity contribution is -0.123. The van der Waals surface area contributed by atoms with E-state index in [9.17, 15) is 14.7 Å². The third kappa shape index (κ3) is 3.60. The molecule has 2 aromatic carbocycles. The van der Waals surface area contributed by atoms with E-state index in [1.54, 1.807) is 18.2 Å². The maximum Gasteiger partial charge on any atom is 0.329 e. The maximum absolute atomic E-state index is 12.5. The lowest BCUT2D eigenvalue weighted by Crippen LogP contribution is -2.30. The highest BCUT2D eigenvalue weighted by molar-refractivity contribution is 14.1. The fourth-order valence-corrected chi connectivity index (χ4v) is 3.11. The number of imide groups is 1. The van der Waals surface area contributed by atoms with E-state index in [1.807, 2.05) is 52.9 Å². The van der Waals surface area contributed by atoms with Gasteiger partial charge in [-0.1, -0.05) is 30.3 Å². The van der Waals surface area contributed by atoms with Gasteiger partial charge in [-0.25, -0.2) is 4.79 Å². The highest BCUT2D eigenvalue weighted by atomic mass is 127. The molecule has 1 heterocycles. The van der Waals surface area contributed by atoms with Crippen molar-refractivity contribution in [3.8, 4) is 11.5 Å². The van der Waals surface area contributed by atoms with Gasteiger partial charge in [-0.05, 0) is 51.9 Å². The van der Waals surface area contributed by atoms with Gasteiger partial charge in [-0.3, -0.25) is 9.69 Å². The van der Waals surface area contributed by atoms with E-state index in [1.165, 1.54) is 7.11 Å². The molecule has 1 saturated heterocycles. The number of hydrogen-bond donors (Lipinski definition) is 2. The number of nitrogens with zero attached hydrogens (tertiary/aromatic N) is 1. The smallest absolute Gasteiger partial charge is 0.329 e. The molecule has 0 unspecified atom stereocenters. The largest absolute Gasteiger partial charge is 0.504 e. The predicted octanol–water partition coefficient (Wildman–Crippen LogP) is 3.10. The van der Waals surface area contributed by atoms with Crippen LogP contribution in [-0.4, -0.2) is 29.1 Å². The summed E-state index contributed by atoms with van der Waals surface area (Å²) in [5.41, 5.74) is 1.70. The summed E-state index contributed by atoms with van der Waals surface area (Å²) < 4.78 is 5.70. The third-order valence-corrected chi connectivity index (χ3v) is 4.55. The lowest BCUT2D eigenvalue weighted by atomic mass is 10.1. The summed E-state index contributed by atoms with van der Waals surface area (Å²) in [5, 5.41) is 12.5. The van der Waals surface area contributed by atoms with E-state index in [2.05, 4.69) is 5.32 Å². The number of carbonyl (C=O) groups excluding carboxylic acids is 2. The fraction of sp³-hybridized carbons (Fsp3) is 0.111. The molecule has 0 bridgehead atoms. The molecule has 1 aliphatic heterocycles. The molecule has 0 aliphatic carbocycles. The highest BCUT2D eigenvalue weighted by Crippen LogP contribution is 2.33. The Morgan fingerprint density at radius 1 is 1.24 bits per heavy atom. The Hall–Kier alpha value is -2.55. The number of urea groups is 1. The molecule has 7 heteroatoms. The Labute approximate surface area is 158 Å². The minimum absolute atomic E-state index is 0.0396. The van der Waals surface area contributed by atoms with E-state index >= 15 is 0 Å². The summed E-state index contributed by atoms with van der Waals surface area (Å²) >= 11 is 1.97. The van der Waals surface area contributed by atoms with Crippen molar-refractivity contribution in [2.24, 2.45) is 0 Å². The number of amides is 3. The molecule has 2 aromatic rings. The van der Waals surface area contributed by atoms with Gasteiger partial charge in [0.2, 0.25) is 0 Å². The Balaban J connectivity index is 1.87. The third-order valence-electron chi connectivity index (χ3n) is 3.73. The summed E-state index contributed by atoms with van der Waals surface area (Å²) in [6.45, 7) is 0.208. The number of carbonyl (C=O) groups is 2. The first kappa shape index (κ1) is 17.3. The molecule has 0 atom stereocenters. The van der Waals surface area contributed by atoms with Gasteiger partial charge in [0, 0.05) is 0 Å². The first-order valence-electron chi connectivity index (χ1n) is 7.44. The fourth-order valence-electron chi connectivity index (χ4n) is 2.48. The van der Waals surface area contributed by atoms with E-state index in [0.717, 1.165) is 10.5 Å². The van der Waals surface area contributed by atoms with Crippen LogP contribution in [0.1, 0.15) is 11.1 Å². The number of hydrogen-bond acceptors (Lipinski definition) is 4. The standard InChI is InChI=1S/C18H15IN2O4/c1-25-15-9-12(7-13(19)16(15)22)8-14-17(23)21(18(24)20-14)10-11-5-3-2-4-6-11/h2-9,22H,10H2,1H3,(H,20,24)/b14-8+. The number of phenols is 1. The van der Waals surface area contributed by atoms with Crippen LogP contribution in [0.3, 0.4) is 0 Å². The van der Waals surface area contributed by atoms with Crippen LogP contribution < -0.4 is 10.1 Å². The second kappa shape index (κ2) is 7.14. The van der Waals surface area contributed by atoms with Gasteiger partial charge in [0.25, 0.3) is 5.91 Å². The zero-order valence-electron chi connectivity index (χ0n) is 13.3. The molecule has 1 aliphatic rings. The molecule has 0 aromatic heterocycles. The minimum atomic E-state index is -0.458. The molecule has 3 amide bonds. The maximum atomic E-state index is 12.5. The molecule has 3 rings (SSSR count). The van der Waals surface area contributed by atoms with Crippen molar-refractivity contribution in [3.05, 3.63) is 62.9 Å². The van der Waals surface area contributed by atoms with Crippen LogP contribution in [0.15, 0.2) is 48.2 Å². The van der Waals surface area contributed by atoms with Crippen LogP contribution in [0.5, 0.6) is 11.5 Å². The zero-order valence-corrected chi connectivity index (χ0v) is 15.5. The molecule has 2 N–H and O–H groups in total. The Bertz CT molecular complexity index is 865. The topological polar surface area (TPSA) is 78.9 Å². The monoisotopic (exact) mass is 450 g/mol. The zero-order chi connectivity index (χ0) is 18.0. The number of phenolic OH excluding ortho intramolecular Hbond substituents is 1. The van der Waals surface area contributed by atoms with Crippen LogP contribution in [0.25, 0.3) is 6.08 Å². The van der Waals surface area contributed by atoms with Crippen molar-refractivity contribution in [2.45, 2.75) is 6.54 Å². The van der Waals surface area contributed by atoms with Crippen LogP contribution in [0.2, 0.25) is 0 Å². The van der Waals surface area contributed by atoms with Gasteiger partial charge >= 0.3 is 6.03 Å². The van der Waals surface area contributed by atoms with Crippen molar-refractivity contribution in [2.75, 3.05) is 7.11 Å². The molecular formula is C18H15IN2O4. The van der Waals surface area contributed by atoms with Crippen molar-refractivity contribution < 1.29 is 19.4 Å². The van der Waals surface area contributed by atoms with Crippen molar-refractivity contribution in [1.29, 1.82) is 0 Å². The summed E-state index contributed by atoms with van der Waals surface area (Å²) in [5.74, 6) is -0.0506. The summed E-state index contributed by atoms with van der Waals surface area (Å²) in [7, 11) is 1.45. The Morgan fingerprint density at radius 2 is 1.96 bits per heavy atom. The number of aromatic hydroxyl groups is 1. The minimum Gasteiger partial charge on any atom is -0.504 e. The summed E-state index contributed by atoms with van der Waals surface area (Å²) in [4.78, 5) is 25.8. The lowest BCUT2D eigenvalue weighted by Gasteiger charge is -2.11. The van der Waals surface area contributed by atoms with Gasteiger partial charge < -0.3 is 15.2 Å². The second-order valence-electron chi connectivity index (χ2n) is 5.42. The molecular weight excluding hydrogens is 435 g/mol. The van der Waals surface area contributed by atoms with Gasteiger partial charge in [-0.2, -0.15) is 0 Å². The predicted molar refractivity (Wildman–Crippen MR) is 101 cm³/mol. The number of methoxy groups -OCH3 is 1. The molecule has 128 valence electrons. The van der Waals surface area contributed by atoms with Crippen molar-refractivity contribution in [1.82, 2.24) is 10.2 Å². The SMILES string of the molecule is COc1cc(/C=C2/NC(=O)N(Cc3ccccc3)C2=O)cc(I)c1O. The van der Waals surface area contributed by atoms with Crippen LogP contribution >= 0.6 is 22.6 Å². The molecule has 0 saturated carbocycles. The average molecular weight is 450 g/mol. The van der Waals surface area contributed by atoms with Gasteiger partial charge in [-0.15, -0.1) is 0 Å². The van der Waals surface area contributed by atoms with Gasteiger partial charge in [0.1, 0.15) is 5.70 Å². The number of benzene rings is 2.